The molecule has 1 fully saturated rings. The van der Waals surface area contributed by atoms with Crippen LogP contribution in [0.4, 0.5) is 10.1 Å². The molecule has 1 aromatic rings. The molecule has 4 nitrogen and oxygen atoms in total. The van der Waals surface area contributed by atoms with E-state index in [-0.39, 0.29) is 24.2 Å². The Bertz CT molecular complexity index is 470. The molecule has 0 bridgehead atoms. The normalized spacial score (nSPS) is 21.8. The molecule has 6 heteroatoms. The van der Waals surface area contributed by atoms with Crippen LogP contribution in [0.1, 0.15) is 19.8 Å². The van der Waals surface area contributed by atoms with Gasteiger partial charge in [0.2, 0.25) is 5.91 Å². The average Bonchev–Trinajstić information content (AvgIpc) is 2.39. The second-order valence-electron chi connectivity index (χ2n) is 4.91. The van der Waals surface area contributed by atoms with Crippen LogP contribution in [0.2, 0.25) is 0 Å². The minimum absolute atomic E-state index is 0. The van der Waals surface area contributed by atoms with Gasteiger partial charge in [0.15, 0.2) is 0 Å². The molecule has 1 aliphatic heterocycles. The maximum absolute atomic E-state index is 13.2. The largest absolute Gasteiger partial charge is 0.495 e. The van der Waals surface area contributed by atoms with Crippen LogP contribution in [-0.4, -0.2) is 25.6 Å². The Hall–Kier alpha value is -1.33. The van der Waals surface area contributed by atoms with Crippen LogP contribution in [0.3, 0.4) is 0 Å². The van der Waals surface area contributed by atoms with Gasteiger partial charge in [0.05, 0.1) is 12.8 Å². The summed E-state index contributed by atoms with van der Waals surface area (Å²) in [6.07, 6.45) is 1.59. The molecule has 0 saturated carbocycles. The minimum atomic E-state index is -0.394. The van der Waals surface area contributed by atoms with Crippen molar-refractivity contribution in [3.63, 3.8) is 0 Å². The van der Waals surface area contributed by atoms with Crippen LogP contribution in [-0.2, 0) is 4.79 Å². The number of piperidine rings is 1. The van der Waals surface area contributed by atoms with Gasteiger partial charge >= 0.3 is 0 Å². The number of carbonyl (C=O) groups is 1. The molecule has 2 N–H and O–H groups in total. The maximum atomic E-state index is 13.2. The summed E-state index contributed by atoms with van der Waals surface area (Å²) in [5, 5.41) is 6.06. The van der Waals surface area contributed by atoms with Crippen LogP contribution < -0.4 is 15.4 Å². The molecule has 1 saturated heterocycles. The van der Waals surface area contributed by atoms with Crippen LogP contribution >= 0.6 is 12.4 Å². The zero-order valence-electron chi connectivity index (χ0n) is 11.6. The van der Waals surface area contributed by atoms with Crippen molar-refractivity contribution in [3.8, 4) is 5.75 Å². The molecule has 20 heavy (non-hydrogen) atoms. The molecular weight excluding hydrogens is 283 g/mol. The number of anilines is 1. The molecule has 1 heterocycles. The van der Waals surface area contributed by atoms with Crippen LogP contribution in [0, 0.1) is 11.7 Å². The highest BCUT2D eigenvalue weighted by Gasteiger charge is 2.25. The van der Waals surface area contributed by atoms with Gasteiger partial charge in [-0.15, -0.1) is 12.4 Å². The third kappa shape index (κ3) is 4.08. The van der Waals surface area contributed by atoms with Gasteiger partial charge in [0.25, 0.3) is 0 Å². The number of methoxy groups -OCH3 is 1. The first kappa shape index (κ1) is 16.7. The fraction of sp³-hybridized carbons (Fsp3) is 0.500. The lowest BCUT2D eigenvalue weighted by molar-refractivity contribution is -0.120. The Morgan fingerprint density at radius 1 is 1.50 bits per heavy atom. The monoisotopic (exact) mass is 302 g/mol. The Labute approximate surface area is 124 Å². The molecule has 0 aliphatic carbocycles. The number of benzene rings is 1. The molecule has 2 rings (SSSR count). The van der Waals surface area contributed by atoms with Crippen molar-refractivity contribution >= 4 is 24.0 Å². The third-order valence-electron chi connectivity index (χ3n) is 3.41. The number of rotatable bonds is 3. The number of amides is 1. The van der Waals surface area contributed by atoms with Gasteiger partial charge in [-0.3, -0.25) is 4.79 Å². The smallest absolute Gasteiger partial charge is 0.227 e. The number of nitrogens with one attached hydrogen (secondary N) is 2. The SMILES string of the molecule is COc1ccc(F)cc1NC(=O)[C@H]1CCN[C@@H](C)C1.Cl. The van der Waals surface area contributed by atoms with Gasteiger partial charge in [-0.2, -0.15) is 0 Å². The van der Waals surface area contributed by atoms with Crippen molar-refractivity contribution < 1.29 is 13.9 Å². The first-order chi connectivity index (χ1) is 9.10. The third-order valence-corrected chi connectivity index (χ3v) is 3.41. The topological polar surface area (TPSA) is 50.4 Å². The van der Waals surface area contributed by atoms with Crippen molar-refractivity contribution in [1.29, 1.82) is 0 Å². The molecule has 1 amide bonds. The van der Waals surface area contributed by atoms with Gasteiger partial charge in [-0.25, -0.2) is 4.39 Å². The zero-order chi connectivity index (χ0) is 13.8. The van der Waals surface area contributed by atoms with Crippen molar-refractivity contribution in [3.05, 3.63) is 24.0 Å². The van der Waals surface area contributed by atoms with Crippen LogP contribution in [0.5, 0.6) is 5.75 Å². The lowest BCUT2D eigenvalue weighted by Gasteiger charge is -2.27. The maximum Gasteiger partial charge on any atom is 0.227 e. The van der Waals surface area contributed by atoms with E-state index in [2.05, 4.69) is 17.6 Å². The van der Waals surface area contributed by atoms with E-state index in [4.69, 9.17) is 4.74 Å². The number of halogens is 2. The first-order valence-electron chi connectivity index (χ1n) is 6.48. The Kier molecular flexibility index (Phi) is 6.23. The van der Waals surface area contributed by atoms with Gasteiger partial charge in [0, 0.05) is 18.0 Å². The fourth-order valence-electron chi connectivity index (χ4n) is 2.38. The summed E-state index contributed by atoms with van der Waals surface area (Å²) in [5.41, 5.74) is 0.388. The Morgan fingerprint density at radius 3 is 2.90 bits per heavy atom. The highest BCUT2D eigenvalue weighted by Crippen LogP contribution is 2.26. The van der Waals surface area contributed by atoms with Crippen molar-refractivity contribution in [1.82, 2.24) is 5.32 Å². The van der Waals surface area contributed by atoms with E-state index in [1.165, 1.54) is 25.3 Å². The number of ether oxygens (including phenoxy) is 1. The summed E-state index contributed by atoms with van der Waals surface area (Å²) in [4.78, 5) is 12.2. The van der Waals surface area contributed by atoms with Crippen LogP contribution in [0.15, 0.2) is 18.2 Å². The van der Waals surface area contributed by atoms with E-state index in [0.717, 1.165) is 19.4 Å². The number of hydrogen-bond donors (Lipinski definition) is 2. The lowest BCUT2D eigenvalue weighted by atomic mass is 9.92. The highest BCUT2D eigenvalue weighted by molar-refractivity contribution is 5.94. The second kappa shape index (κ2) is 7.45. The second-order valence-corrected chi connectivity index (χ2v) is 4.91. The molecule has 2 atom stereocenters. The quantitative estimate of drug-likeness (QED) is 0.902. The Balaban J connectivity index is 0.00000200. The average molecular weight is 303 g/mol. The number of carbonyl (C=O) groups excluding carboxylic acids is 1. The van der Waals surface area contributed by atoms with Crippen molar-refractivity contribution in [2.45, 2.75) is 25.8 Å². The summed E-state index contributed by atoms with van der Waals surface area (Å²) >= 11 is 0. The summed E-state index contributed by atoms with van der Waals surface area (Å²) in [7, 11) is 1.50. The molecule has 112 valence electrons. The summed E-state index contributed by atoms with van der Waals surface area (Å²) in [5.74, 6) is -0.0343. The van der Waals surface area contributed by atoms with E-state index >= 15 is 0 Å². The van der Waals surface area contributed by atoms with Gasteiger partial charge in [-0.05, 0) is 38.4 Å². The molecule has 1 aromatic carbocycles. The van der Waals surface area contributed by atoms with E-state index in [1.54, 1.807) is 0 Å². The molecule has 0 spiro atoms. The summed E-state index contributed by atoms with van der Waals surface area (Å²) in [6.45, 7) is 2.89. The van der Waals surface area contributed by atoms with E-state index in [9.17, 15) is 9.18 Å². The number of hydrogen-bond acceptors (Lipinski definition) is 3. The van der Waals surface area contributed by atoms with Crippen molar-refractivity contribution in [2.24, 2.45) is 5.92 Å². The van der Waals surface area contributed by atoms with Gasteiger partial charge < -0.3 is 15.4 Å². The predicted octanol–water partition coefficient (Wildman–Crippen LogP) is 2.58. The molecule has 0 aromatic heterocycles. The highest BCUT2D eigenvalue weighted by atomic mass is 35.5. The lowest BCUT2D eigenvalue weighted by Crippen LogP contribution is -2.40. The van der Waals surface area contributed by atoms with Gasteiger partial charge in [-0.1, -0.05) is 0 Å². The Morgan fingerprint density at radius 2 is 2.25 bits per heavy atom. The summed E-state index contributed by atoms with van der Waals surface area (Å²) in [6, 6.07) is 4.43. The molecule has 1 aliphatic rings. The molecular formula is C14H20ClFN2O2. The first-order valence-corrected chi connectivity index (χ1v) is 6.48. The standard InChI is InChI=1S/C14H19FN2O2.ClH/c1-9-7-10(5-6-16-9)14(18)17-12-8-11(15)3-4-13(12)19-2;/h3-4,8-10,16H,5-7H2,1-2H3,(H,17,18);1H/t9-,10-;/m0./s1. The predicted molar refractivity (Wildman–Crippen MR) is 79.0 cm³/mol. The van der Waals surface area contributed by atoms with Crippen molar-refractivity contribution in [2.75, 3.05) is 19.0 Å². The van der Waals surface area contributed by atoms with Gasteiger partial charge in [0.1, 0.15) is 11.6 Å². The zero-order valence-corrected chi connectivity index (χ0v) is 12.4. The van der Waals surface area contributed by atoms with Crippen LogP contribution in [0.25, 0.3) is 0 Å². The fourth-order valence-corrected chi connectivity index (χ4v) is 2.38. The van der Waals surface area contributed by atoms with E-state index in [0.29, 0.717) is 17.5 Å². The molecule has 0 radical (unpaired) electrons. The summed E-state index contributed by atoms with van der Waals surface area (Å²) < 4.78 is 18.3. The molecule has 0 unspecified atom stereocenters. The van der Waals surface area contributed by atoms with E-state index < -0.39 is 5.82 Å². The minimum Gasteiger partial charge on any atom is -0.495 e. The van der Waals surface area contributed by atoms with E-state index in [1.807, 2.05) is 0 Å².